The second kappa shape index (κ2) is 6.02. The monoisotopic (exact) mass is 278 g/mol. The molecule has 18 heavy (non-hydrogen) atoms. The first-order valence-electron chi connectivity index (χ1n) is 5.71. The first kappa shape index (κ1) is 13.1. The van der Waals surface area contributed by atoms with E-state index in [1.165, 1.54) is 11.5 Å². The highest BCUT2D eigenvalue weighted by Crippen LogP contribution is 2.34. The maximum atomic E-state index is 11.6. The van der Waals surface area contributed by atoms with Crippen molar-refractivity contribution in [3.8, 4) is 10.4 Å². The number of carbonyl (C=O) groups excluding carboxylic acids is 1. The summed E-state index contributed by atoms with van der Waals surface area (Å²) in [5, 5.41) is 0.758. The molecule has 0 atom stereocenters. The van der Waals surface area contributed by atoms with E-state index in [1.54, 1.807) is 11.8 Å². The van der Waals surface area contributed by atoms with Gasteiger partial charge in [-0.15, -0.1) is 11.8 Å². The fourth-order valence-electron chi connectivity index (χ4n) is 1.58. The van der Waals surface area contributed by atoms with Gasteiger partial charge in [-0.2, -0.15) is 4.37 Å². The Labute approximate surface area is 115 Å². The topological polar surface area (TPSA) is 56.0 Å². The third kappa shape index (κ3) is 2.73. The molecule has 0 fully saturated rings. The first-order chi connectivity index (χ1) is 8.74. The van der Waals surface area contributed by atoms with Gasteiger partial charge in [-0.05, 0) is 29.3 Å². The molecular formula is C13H14N2OS2. The molecule has 0 saturated heterocycles. The van der Waals surface area contributed by atoms with Crippen LogP contribution in [0.4, 0.5) is 0 Å². The van der Waals surface area contributed by atoms with Crippen LogP contribution >= 0.6 is 23.3 Å². The predicted octanol–water partition coefficient (Wildman–Crippen LogP) is 3.41. The number of hydrogen-bond donors (Lipinski definition) is 1. The average molecular weight is 278 g/mol. The van der Waals surface area contributed by atoms with E-state index < -0.39 is 5.91 Å². The van der Waals surface area contributed by atoms with E-state index in [4.69, 9.17) is 5.73 Å². The summed E-state index contributed by atoms with van der Waals surface area (Å²) in [6, 6.07) is 9.76. The molecule has 2 N–H and O–H groups in total. The van der Waals surface area contributed by atoms with Gasteiger partial charge in [0.15, 0.2) is 0 Å². The predicted molar refractivity (Wildman–Crippen MR) is 77.1 cm³/mol. The van der Waals surface area contributed by atoms with E-state index in [2.05, 4.69) is 11.3 Å². The highest BCUT2D eigenvalue weighted by Gasteiger charge is 2.19. The van der Waals surface area contributed by atoms with Gasteiger partial charge in [-0.25, -0.2) is 0 Å². The summed E-state index contributed by atoms with van der Waals surface area (Å²) in [5.74, 6) is 0.541. The van der Waals surface area contributed by atoms with E-state index in [0.29, 0.717) is 5.56 Å². The number of rotatable bonds is 5. The molecule has 1 aromatic heterocycles. The van der Waals surface area contributed by atoms with Gasteiger partial charge in [-0.3, -0.25) is 4.79 Å². The molecule has 1 amide bonds. The van der Waals surface area contributed by atoms with Crippen LogP contribution in [0.3, 0.4) is 0 Å². The molecule has 3 nitrogen and oxygen atoms in total. The third-order valence-electron chi connectivity index (χ3n) is 2.39. The van der Waals surface area contributed by atoms with Crippen LogP contribution in [0.2, 0.25) is 0 Å². The van der Waals surface area contributed by atoms with Crippen molar-refractivity contribution in [1.29, 1.82) is 0 Å². The van der Waals surface area contributed by atoms with Crippen LogP contribution in [0.25, 0.3) is 10.4 Å². The van der Waals surface area contributed by atoms with Gasteiger partial charge in [0.2, 0.25) is 0 Å². The summed E-state index contributed by atoms with van der Waals surface area (Å²) in [4.78, 5) is 12.5. The van der Waals surface area contributed by atoms with Crippen molar-refractivity contribution in [2.45, 2.75) is 18.4 Å². The number of nitrogens with two attached hydrogens (primary N) is 1. The normalized spacial score (nSPS) is 10.5. The number of amides is 1. The molecule has 94 valence electrons. The van der Waals surface area contributed by atoms with E-state index in [-0.39, 0.29) is 0 Å². The Morgan fingerprint density at radius 3 is 2.72 bits per heavy atom. The summed E-state index contributed by atoms with van der Waals surface area (Å²) < 4.78 is 4.36. The van der Waals surface area contributed by atoms with Crippen LogP contribution in [0.15, 0.2) is 35.4 Å². The van der Waals surface area contributed by atoms with Gasteiger partial charge in [-0.1, -0.05) is 37.3 Å². The minimum Gasteiger partial charge on any atom is -0.365 e. The first-order valence-corrected chi connectivity index (χ1v) is 7.47. The van der Waals surface area contributed by atoms with E-state index >= 15 is 0 Å². The van der Waals surface area contributed by atoms with Crippen LogP contribution in [0.5, 0.6) is 0 Å². The van der Waals surface area contributed by atoms with E-state index in [1.807, 2.05) is 30.3 Å². The number of thioether (sulfide) groups is 1. The SMILES string of the molecule is CCCSc1nsc(-c2ccccc2)c1C(N)=O. The lowest BCUT2D eigenvalue weighted by Crippen LogP contribution is -2.12. The Morgan fingerprint density at radius 2 is 2.11 bits per heavy atom. The third-order valence-corrected chi connectivity index (χ3v) is 4.58. The van der Waals surface area contributed by atoms with Crippen LogP contribution in [-0.4, -0.2) is 16.0 Å². The van der Waals surface area contributed by atoms with Gasteiger partial charge in [0.25, 0.3) is 5.91 Å². The van der Waals surface area contributed by atoms with Crippen molar-refractivity contribution < 1.29 is 4.79 Å². The Kier molecular flexibility index (Phi) is 4.38. The molecule has 5 heteroatoms. The Hall–Kier alpha value is -1.33. The zero-order valence-corrected chi connectivity index (χ0v) is 11.7. The number of nitrogens with zero attached hydrogens (tertiary/aromatic N) is 1. The molecule has 0 saturated carbocycles. The molecule has 0 radical (unpaired) electrons. The van der Waals surface area contributed by atoms with Gasteiger partial charge in [0.05, 0.1) is 10.4 Å². The number of carbonyl (C=O) groups is 1. The lowest BCUT2D eigenvalue weighted by atomic mass is 10.1. The highest BCUT2D eigenvalue weighted by molar-refractivity contribution is 7.99. The van der Waals surface area contributed by atoms with Crippen molar-refractivity contribution >= 4 is 29.2 Å². The molecule has 0 spiro atoms. The average Bonchev–Trinajstić information content (AvgIpc) is 2.81. The fourth-order valence-corrected chi connectivity index (χ4v) is 3.50. The maximum absolute atomic E-state index is 11.6. The molecule has 0 aliphatic carbocycles. The van der Waals surface area contributed by atoms with Crippen molar-refractivity contribution in [3.05, 3.63) is 35.9 Å². The molecule has 2 rings (SSSR count). The van der Waals surface area contributed by atoms with Gasteiger partial charge >= 0.3 is 0 Å². The van der Waals surface area contributed by atoms with Gasteiger partial charge in [0, 0.05) is 0 Å². The number of hydrogen-bond acceptors (Lipinski definition) is 4. The summed E-state index contributed by atoms with van der Waals surface area (Å²) in [6.07, 6.45) is 1.04. The smallest absolute Gasteiger partial charge is 0.253 e. The molecule has 0 aliphatic rings. The van der Waals surface area contributed by atoms with Gasteiger partial charge in [0.1, 0.15) is 5.03 Å². The summed E-state index contributed by atoms with van der Waals surface area (Å²) in [7, 11) is 0. The second-order valence-corrected chi connectivity index (χ2v) is 5.63. The molecule has 0 unspecified atom stereocenters. The Balaban J connectivity index is 2.42. The summed E-state index contributed by atoms with van der Waals surface area (Å²) >= 11 is 2.93. The zero-order chi connectivity index (χ0) is 13.0. The van der Waals surface area contributed by atoms with Crippen LogP contribution in [0, 0.1) is 0 Å². The Bertz CT molecular complexity index is 537. The van der Waals surface area contributed by atoms with Crippen molar-refractivity contribution in [1.82, 2.24) is 4.37 Å². The van der Waals surface area contributed by atoms with Crippen LogP contribution < -0.4 is 5.73 Å². The van der Waals surface area contributed by atoms with E-state index in [9.17, 15) is 4.79 Å². The minimum absolute atomic E-state index is 0.402. The lowest BCUT2D eigenvalue weighted by Gasteiger charge is -2.01. The number of aromatic nitrogens is 1. The van der Waals surface area contributed by atoms with Crippen LogP contribution in [0.1, 0.15) is 23.7 Å². The van der Waals surface area contributed by atoms with Crippen molar-refractivity contribution in [2.75, 3.05) is 5.75 Å². The number of primary amides is 1. The van der Waals surface area contributed by atoms with Crippen molar-refractivity contribution in [2.24, 2.45) is 5.73 Å². The lowest BCUT2D eigenvalue weighted by molar-refractivity contribution is 0.0998. The van der Waals surface area contributed by atoms with Gasteiger partial charge < -0.3 is 5.73 Å². The zero-order valence-electron chi connectivity index (χ0n) is 10.1. The quantitative estimate of drug-likeness (QED) is 0.853. The molecule has 0 aliphatic heterocycles. The molecule has 0 bridgehead atoms. The molecular weight excluding hydrogens is 264 g/mol. The largest absolute Gasteiger partial charge is 0.365 e. The van der Waals surface area contributed by atoms with Crippen LogP contribution in [-0.2, 0) is 0 Å². The maximum Gasteiger partial charge on any atom is 0.253 e. The molecule has 1 heterocycles. The molecule has 1 aromatic carbocycles. The Morgan fingerprint density at radius 1 is 1.39 bits per heavy atom. The minimum atomic E-state index is -0.402. The standard InChI is InChI=1S/C13H14N2OS2/c1-2-8-17-13-10(12(14)16)11(18-15-13)9-6-4-3-5-7-9/h3-7H,2,8H2,1H3,(H2,14,16). The fraction of sp³-hybridized carbons (Fsp3) is 0.231. The van der Waals surface area contributed by atoms with Crippen molar-refractivity contribution in [3.63, 3.8) is 0 Å². The summed E-state index contributed by atoms with van der Waals surface area (Å²) in [6.45, 7) is 2.10. The molecule has 2 aromatic rings. The van der Waals surface area contributed by atoms with E-state index in [0.717, 1.165) is 27.6 Å². The second-order valence-electron chi connectivity index (χ2n) is 3.77. The summed E-state index contributed by atoms with van der Waals surface area (Å²) in [5.41, 5.74) is 7.04. The highest BCUT2D eigenvalue weighted by atomic mass is 32.2. The number of benzene rings is 1.